The van der Waals surface area contributed by atoms with Gasteiger partial charge in [-0.25, -0.2) is 9.78 Å². The molecule has 0 bridgehead atoms. The van der Waals surface area contributed by atoms with Crippen molar-refractivity contribution in [2.45, 2.75) is 6.61 Å². The third-order valence-electron chi connectivity index (χ3n) is 1.11. The van der Waals surface area contributed by atoms with Crippen LogP contribution in [0.2, 0.25) is 0 Å². The monoisotopic (exact) mass is 251 g/mol. The van der Waals surface area contributed by atoms with Gasteiger partial charge in [-0.05, 0) is 15.9 Å². The zero-order valence-electron chi connectivity index (χ0n) is 6.20. The maximum Gasteiger partial charge on any atom is 0.365 e. The Labute approximate surface area is 81.3 Å². The standard InChI is InChI=1S/C6H6BrNO3S/c1-11-2-3-4(7)8-5(12-3)6(9)10/h2H2,1H3,(H,9,10). The lowest BCUT2D eigenvalue weighted by molar-refractivity contribution is 0.0696. The summed E-state index contributed by atoms with van der Waals surface area (Å²) in [4.78, 5) is 15.0. The summed E-state index contributed by atoms with van der Waals surface area (Å²) in [6, 6.07) is 0. The number of halogens is 1. The molecule has 0 aliphatic heterocycles. The highest BCUT2D eigenvalue weighted by Gasteiger charge is 2.13. The second-order valence-electron chi connectivity index (χ2n) is 1.97. The van der Waals surface area contributed by atoms with E-state index >= 15 is 0 Å². The lowest BCUT2D eigenvalue weighted by atomic mass is 10.6. The van der Waals surface area contributed by atoms with E-state index in [9.17, 15) is 4.79 Å². The van der Waals surface area contributed by atoms with Gasteiger partial charge in [0.05, 0.1) is 11.5 Å². The number of carboxylic acids is 1. The third-order valence-corrected chi connectivity index (χ3v) is 3.04. The maximum atomic E-state index is 10.5. The average molecular weight is 252 g/mol. The number of hydrogen-bond acceptors (Lipinski definition) is 4. The predicted molar refractivity (Wildman–Crippen MR) is 47.5 cm³/mol. The molecule has 1 aromatic heterocycles. The van der Waals surface area contributed by atoms with Gasteiger partial charge >= 0.3 is 5.97 Å². The van der Waals surface area contributed by atoms with E-state index in [1.807, 2.05) is 0 Å². The summed E-state index contributed by atoms with van der Waals surface area (Å²) in [7, 11) is 1.55. The Morgan fingerprint density at radius 2 is 2.50 bits per heavy atom. The molecule has 0 spiro atoms. The van der Waals surface area contributed by atoms with Crippen molar-refractivity contribution in [2.24, 2.45) is 0 Å². The van der Waals surface area contributed by atoms with Gasteiger partial charge in [-0.15, -0.1) is 11.3 Å². The first-order valence-electron chi connectivity index (χ1n) is 3.02. The van der Waals surface area contributed by atoms with E-state index < -0.39 is 5.97 Å². The maximum absolute atomic E-state index is 10.5. The number of ether oxygens (including phenoxy) is 1. The molecule has 0 unspecified atom stereocenters. The Morgan fingerprint density at radius 1 is 1.83 bits per heavy atom. The van der Waals surface area contributed by atoms with Crippen LogP contribution in [0, 0.1) is 0 Å². The van der Waals surface area contributed by atoms with Gasteiger partial charge in [-0.1, -0.05) is 0 Å². The van der Waals surface area contributed by atoms with E-state index in [1.165, 1.54) is 0 Å². The topological polar surface area (TPSA) is 59.4 Å². The molecule has 1 heterocycles. The second kappa shape index (κ2) is 3.97. The smallest absolute Gasteiger partial charge is 0.365 e. The van der Waals surface area contributed by atoms with Crippen LogP contribution in [0.25, 0.3) is 0 Å². The van der Waals surface area contributed by atoms with Gasteiger partial charge in [0.2, 0.25) is 5.01 Å². The molecule has 0 radical (unpaired) electrons. The van der Waals surface area contributed by atoms with Crippen molar-refractivity contribution < 1.29 is 14.6 Å². The zero-order valence-corrected chi connectivity index (χ0v) is 8.61. The van der Waals surface area contributed by atoms with Crippen LogP contribution < -0.4 is 0 Å². The number of methoxy groups -OCH3 is 1. The van der Waals surface area contributed by atoms with Gasteiger partial charge in [0.1, 0.15) is 4.60 Å². The number of carboxylic acid groups (broad SMARTS) is 1. The highest BCUT2D eigenvalue weighted by Crippen LogP contribution is 2.23. The van der Waals surface area contributed by atoms with Gasteiger partial charge in [-0.2, -0.15) is 0 Å². The Hall–Kier alpha value is -0.460. The molecule has 66 valence electrons. The minimum Gasteiger partial charge on any atom is -0.476 e. The molecule has 4 nitrogen and oxygen atoms in total. The number of thiazole rings is 1. The molecule has 0 aliphatic rings. The summed E-state index contributed by atoms with van der Waals surface area (Å²) < 4.78 is 5.40. The minimum absolute atomic E-state index is 0.0777. The quantitative estimate of drug-likeness (QED) is 0.890. The Balaban J connectivity index is 2.92. The normalized spacial score (nSPS) is 10.2. The molecule has 0 saturated heterocycles. The average Bonchev–Trinajstić information content (AvgIpc) is 2.34. The molecule has 12 heavy (non-hydrogen) atoms. The van der Waals surface area contributed by atoms with E-state index in [2.05, 4.69) is 20.9 Å². The predicted octanol–water partition coefficient (Wildman–Crippen LogP) is 1.75. The number of rotatable bonds is 3. The summed E-state index contributed by atoms with van der Waals surface area (Å²) >= 11 is 4.25. The number of carbonyl (C=O) groups is 1. The van der Waals surface area contributed by atoms with E-state index in [0.29, 0.717) is 11.2 Å². The van der Waals surface area contributed by atoms with Crippen molar-refractivity contribution in [3.05, 3.63) is 14.5 Å². The summed E-state index contributed by atoms with van der Waals surface area (Å²) in [6.45, 7) is 0.380. The van der Waals surface area contributed by atoms with Gasteiger partial charge in [0.15, 0.2) is 0 Å². The Bertz CT molecular complexity index is 299. The molecule has 1 N–H and O–H groups in total. The van der Waals surface area contributed by atoms with E-state index in [1.54, 1.807) is 7.11 Å². The molecule has 0 atom stereocenters. The van der Waals surface area contributed by atoms with Crippen LogP contribution in [0.15, 0.2) is 4.60 Å². The summed E-state index contributed by atoms with van der Waals surface area (Å²) in [5.74, 6) is -1.01. The van der Waals surface area contributed by atoms with E-state index in [4.69, 9.17) is 9.84 Å². The minimum atomic E-state index is -1.01. The molecule has 0 aliphatic carbocycles. The van der Waals surface area contributed by atoms with Crippen LogP contribution in [0.5, 0.6) is 0 Å². The molecule has 0 saturated carbocycles. The van der Waals surface area contributed by atoms with Crippen molar-refractivity contribution in [1.29, 1.82) is 0 Å². The first kappa shape index (κ1) is 9.63. The summed E-state index contributed by atoms with van der Waals surface area (Å²) in [5, 5.41) is 8.65. The zero-order chi connectivity index (χ0) is 9.14. The molecule has 1 rings (SSSR count). The van der Waals surface area contributed by atoms with Crippen LogP contribution in [-0.4, -0.2) is 23.2 Å². The van der Waals surface area contributed by atoms with Crippen molar-refractivity contribution in [2.75, 3.05) is 7.11 Å². The van der Waals surface area contributed by atoms with E-state index in [-0.39, 0.29) is 5.01 Å². The molecular formula is C6H6BrNO3S. The van der Waals surface area contributed by atoms with Crippen molar-refractivity contribution in [3.63, 3.8) is 0 Å². The lowest BCUT2D eigenvalue weighted by Gasteiger charge is -1.91. The van der Waals surface area contributed by atoms with Crippen LogP contribution in [-0.2, 0) is 11.3 Å². The molecule has 0 fully saturated rings. The summed E-state index contributed by atoms with van der Waals surface area (Å²) in [5.41, 5.74) is 0. The van der Waals surface area contributed by atoms with Crippen LogP contribution in [0.4, 0.5) is 0 Å². The van der Waals surface area contributed by atoms with Gasteiger partial charge in [0, 0.05) is 7.11 Å². The van der Waals surface area contributed by atoms with Gasteiger partial charge in [0.25, 0.3) is 0 Å². The number of aromatic carboxylic acids is 1. The first-order valence-corrected chi connectivity index (χ1v) is 4.63. The number of aromatic nitrogens is 1. The highest BCUT2D eigenvalue weighted by molar-refractivity contribution is 9.10. The fraction of sp³-hybridized carbons (Fsp3) is 0.333. The van der Waals surface area contributed by atoms with Crippen LogP contribution in [0.1, 0.15) is 14.7 Å². The molecule has 1 aromatic rings. The lowest BCUT2D eigenvalue weighted by Crippen LogP contribution is -1.93. The Kier molecular flexibility index (Phi) is 3.19. The second-order valence-corrected chi connectivity index (χ2v) is 3.81. The Morgan fingerprint density at radius 3 is 2.92 bits per heavy atom. The third kappa shape index (κ3) is 2.02. The van der Waals surface area contributed by atoms with Gasteiger partial charge < -0.3 is 9.84 Å². The molecule has 0 amide bonds. The largest absolute Gasteiger partial charge is 0.476 e. The SMILES string of the molecule is COCc1sc(C(=O)O)nc1Br. The fourth-order valence-electron chi connectivity index (χ4n) is 0.645. The molecular weight excluding hydrogens is 246 g/mol. The van der Waals surface area contributed by atoms with Crippen LogP contribution >= 0.6 is 27.3 Å². The first-order chi connectivity index (χ1) is 5.65. The molecule has 0 aromatic carbocycles. The van der Waals surface area contributed by atoms with Crippen LogP contribution in [0.3, 0.4) is 0 Å². The highest BCUT2D eigenvalue weighted by atomic mass is 79.9. The fourth-order valence-corrected chi connectivity index (χ4v) is 2.06. The van der Waals surface area contributed by atoms with Crippen molar-refractivity contribution in [3.8, 4) is 0 Å². The van der Waals surface area contributed by atoms with Crippen molar-refractivity contribution in [1.82, 2.24) is 4.98 Å². The number of hydrogen-bond donors (Lipinski definition) is 1. The van der Waals surface area contributed by atoms with Gasteiger partial charge in [-0.3, -0.25) is 0 Å². The number of nitrogens with zero attached hydrogens (tertiary/aromatic N) is 1. The summed E-state index contributed by atoms with van der Waals surface area (Å²) in [6.07, 6.45) is 0. The van der Waals surface area contributed by atoms with E-state index in [0.717, 1.165) is 16.2 Å². The van der Waals surface area contributed by atoms with Crippen molar-refractivity contribution >= 4 is 33.2 Å². The molecule has 6 heteroatoms.